The van der Waals surface area contributed by atoms with Crippen molar-refractivity contribution in [1.29, 1.82) is 0 Å². The molecule has 0 aliphatic rings. The number of benzene rings is 1. The van der Waals surface area contributed by atoms with Gasteiger partial charge in [0, 0.05) is 10.5 Å². The van der Waals surface area contributed by atoms with Crippen LogP contribution in [0.3, 0.4) is 0 Å². The van der Waals surface area contributed by atoms with Crippen LogP contribution in [0.4, 0.5) is 0 Å². The molecular weight excluding hydrogens is 260 g/mol. The van der Waals surface area contributed by atoms with Crippen LogP contribution in [0.15, 0.2) is 46.8 Å². The third-order valence-corrected chi connectivity index (χ3v) is 3.74. The summed E-state index contributed by atoms with van der Waals surface area (Å²) < 4.78 is 0. The lowest BCUT2D eigenvalue weighted by Gasteiger charge is -2.05. The second-order valence-electron chi connectivity index (χ2n) is 3.93. The summed E-state index contributed by atoms with van der Waals surface area (Å²) in [6.45, 7) is 1.56. The Morgan fingerprint density at radius 1 is 1.21 bits per heavy atom. The van der Waals surface area contributed by atoms with E-state index in [-0.39, 0.29) is 5.78 Å². The molecule has 19 heavy (non-hydrogen) atoms. The van der Waals surface area contributed by atoms with Crippen molar-refractivity contribution in [2.24, 2.45) is 0 Å². The van der Waals surface area contributed by atoms with E-state index < -0.39 is 0 Å². The zero-order valence-electron chi connectivity index (χ0n) is 10.1. The van der Waals surface area contributed by atoms with Gasteiger partial charge in [-0.25, -0.2) is 15.0 Å². The summed E-state index contributed by atoms with van der Waals surface area (Å²) in [4.78, 5) is 27.9. The van der Waals surface area contributed by atoms with Crippen LogP contribution in [0.25, 0.3) is 11.2 Å². The van der Waals surface area contributed by atoms with E-state index in [0.717, 1.165) is 15.4 Å². The molecule has 5 nitrogen and oxygen atoms in total. The van der Waals surface area contributed by atoms with Gasteiger partial charge in [-0.1, -0.05) is 30.0 Å². The summed E-state index contributed by atoms with van der Waals surface area (Å²) in [6.07, 6.45) is 3.06. The summed E-state index contributed by atoms with van der Waals surface area (Å²) in [5.74, 6) is 0.0398. The average molecular weight is 270 g/mol. The number of carbonyl (C=O) groups excluding carboxylic acids is 1. The van der Waals surface area contributed by atoms with Gasteiger partial charge in [0.25, 0.3) is 0 Å². The number of fused-ring (bicyclic) bond motifs is 1. The summed E-state index contributed by atoms with van der Waals surface area (Å²) in [6, 6.07) is 7.48. The van der Waals surface area contributed by atoms with Crippen molar-refractivity contribution < 1.29 is 4.79 Å². The fraction of sp³-hybridized carbons (Fsp3) is 0.0769. The summed E-state index contributed by atoms with van der Waals surface area (Å²) >= 11 is 1.43. The number of ketones is 1. The fourth-order valence-electron chi connectivity index (χ4n) is 1.77. The topological polar surface area (TPSA) is 71.5 Å². The molecule has 0 spiro atoms. The van der Waals surface area contributed by atoms with Crippen LogP contribution >= 0.6 is 11.8 Å². The smallest absolute Gasteiger partial charge is 0.181 e. The third kappa shape index (κ3) is 2.22. The number of H-pyrrole nitrogens is 1. The van der Waals surface area contributed by atoms with Gasteiger partial charge in [-0.15, -0.1) is 0 Å². The predicted octanol–water partition coefficient (Wildman–Crippen LogP) is 2.71. The number of carbonyl (C=O) groups is 1. The van der Waals surface area contributed by atoms with E-state index in [1.807, 2.05) is 24.3 Å². The number of imidazole rings is 1. The molecule has 0 saturated heterocycles. The minimum Gasteiger partial charge on any atom is -0.341 e. The first-order valence-electron chi connectivity index (χ1n) is 5.67. The standard InChI is InChI=1S/C13H10N4OS/c1-8(18)9-4-2-3-5-10(9)19-13-11-12(15-6-14-11)16-7-17-13/h2-7H,1H3,(H,14,15,16,17). The molecule has 0 aliphatic carbocycles. The molecule has 3 rings (SSSR count). The highest BCUT2D eigenvalue weighted by Crippen LogP contribution is 2.32. The average Bonchev–Trinajstić information content (AvgIpc) is 2.88. The van der Waals surface area contributed by atoms with Crippen LogP contribution in [-0.2, 0) is 0 Å². The Kier molecular flexibility index (Phi) is 3.00. The molecule has 6 heteroatoms. The number of nitrogens with zero attached hydrogens (tertiary/aromatic N) is 3. The molecule has 0 atom stereocenters. The molecule has 0 aliphatic heterocycles. The number of aromatic nitrogens is 4. The van der Waals surface area contributed by atoms with Crippen molar-refractivity contribution >= 4 is 28.7 Å². The largest absolute Gasteiger partial charge is 0.341 e. The van der Waals surface area contributed by atoms with Crippen molar-refractivity contribution in [2.75, 3.05) is 0 Å². The first-order valence-corrected chi connectivity index (χ1v) is 6.49. The lowest BCUT2D eigenvalue weighted by Crippen LogP contribution is -1.95. The van der Waals surface area contributed by atoms with E-state index in [1.54, 1.807) is 13.3 Å². The van der Waals surface area contributed by atoms with Gasteiger partial charge in [-0.3, -0.25) is 4.79 Å². The summed E-state index contributed by atoms with van der Waals surface area (Å²) in [7, 11) is 0. The molecule has 0 unspecified atom stereocenters. The zero-order chi connectivity index (χ0) is 13.2. The maximum Gasteiger partial charge on any atom is 0.181 e. The molecule has 2 aromatic heterocycles. The van der Waals surface area contributed by atoms with Crippen LogP contribution in [0.5, 0.6) is 0 Å². The van der Waals surface area contributed by atoms with E-state index in [4.69, 9.17) is 0 Å². The molecule has 0 bridgehead atoms. The normalized spacial score (nSPS) is 10.8. The van der Waals surface area contributed by atoms with Crippen molar-refractivity contribution in [2.45, 2.75) is 16.8 Å². The number of hydrogen-bond acceptors (Lipinski definition) is 5. The number of hydrogen-bond donors (Lipinski definition) is 1. The quantitative estimate of drug-likeness (QED) is 0.585. The SMILES string of the molecule is CC(=O)c1ccccc1Sc1ncnc2nc[nH]c12. The van der Waals surface area contributed by atoms with Gasteiger partial charge in [-0.2, -0.15) is 0 Å². The van der Waals surface area contributed by atoms with Crippen LogP contribution in [-0.4, -0.2) is 25.7 Å². The highest BCUT2D eigenvalue weighted by Gasteiger charge is 2.12. The first kappa shape index (κ1) is 11.9. The molecule has 1 N–H and O–H groups in total. The van der Waals surface area contributed by atoms with E-state index in [0.29, 0.717) is 11.2 Å². The van der Waals surface area contributed by atoms with Crippen LogP contribution < -0.4 is 0 Å². The molecule has 0 amide bonds. The Hall–Kier alpha value is -2.21. The van der Waals surface area contributed by atoms with Gasteiger partial charge in [0.2, 0.25) is 0 Å². The van der Waals surface area contributed by atoms with E-state index in [9.17, 15) is 4.79 Å². The number of Topliss-reactive ketones (excluding diaryl/α,β-unsaturated/α-hetero) is 1. The predicted molar refractivity (Wildman–Crippen MR) is 72.3 cm³/mol. The monoisotopic (exact) mass is 270 g/mol. The lowest BCUT2D eigenvalue weighted by molar-refractivity contribution is 0.101. The maximum atomic E-state index is 11.6. The Morgan fingerprint density at radius 2 is 2.05 bits per heavy atom. The minimum absolute atomic E-state index is 0.0398. The second-order valence-corrected chi connectivity index (χ2v) is 4.97. The zero-order valence-corrected chi connectivity index (χ0v) is 10.9. The van der Waals surface area contributed by atoms with Gasteiger partial charge >= 0.3 is 0 Å². The van der Waals surface area contributed by atoms with Crippen molar-refractivity contribution in [3.63, 3.8) is 0 Å². The maximum absolute atomic E-state index is 11.6. The third-order valence-electron chi connectivity index (χ3n) is 2.66. The van der Waals surface area contributed by atoms with Crippen molar-refractivity contribution in [1.82, 2.24) is 19.9 Å². The van der Waals surface area contributed by atoms with Crippen LogP contribution in [0, 0.1) is 0 Å². The van der Waals surface area contributed by atoms with Crippen LogP contribution in [0.2, 0.25) is 0 Å². The molecular formula is C13H10N4OS. The Morgan fingerprint density at radius 3 is 2.89 bits per heavy atom. The van der Waals surface area contributed by atoms with Gasteiger partial charge in [0.15, 0.2) is 11.4 Å². The van der Waals surface area contributed by atoms with Crippen molar-refractivity contribution in [3.05, 3.63) is 42.5 Å². The summed E-state index contributed by atoms with van der Waals surface area (Å²) in [5.41, 5.74) is 2.10. The lowest BCUT2D eigenvalue weighted by atomic mass is 10.1. The molecule has 0 radical (unpaired) electrons. The second kappa shape index (κ2) is 4.81. The van der Waals surface area contributed by atoms with E-state index in [1.165, 1.54) is 18.1 Å². The van der Waals surface area contributed by atoms with Crippen LogP contribution in [0.1, 0.15) is 17.3 Å². The highest BCUT2D eigenvalue weighted by atomic mass is 32.2. The van der Waals surface area contributed by atoms with Gasteiger partial charge < -0.3 is 4.98 Å². The van der Waals surface area contributed by atoms with Gasteiger partial charge in [0.1, 0.15) is 16.9 Å². The molecule has 0 fully saturated rings. The first-order chi connectivity index (χ1) is 9.25. The molecule has 2 heterocycles. The van der Waals surface area contributed by atoms with Crippen molar-refractivity contribution in [3.8, 4) is 0 Å². The Balaban J connectivity index is 2.06. The fourth-order valence-corrected chi connectivity index (χ4v) is 2.80. The molecule has 0 saturated carbocycles. The highest BCUT2D eigenvalue weighted by molar-refractivity contribution is 7.99. The van der Waals surface area contributed by atoms with Gasteiger partial charge in [-0.05, 0) is 13.0 Å². The van der Waals surface area contributed by atoms with E-state index >= 15 is 0 Å². The molecule has 1 aromatic carbocycles. The summed E-state index contributed by atoms with van der Waals surface area (Å²) in [5, 5.41) is 0.760. The Bertz CT molecular complexity index is 753. The number of aromatic amines is 1. The van der Waals surface area contributed by atoms with E-state index in [2.05, 4.69) is 19.9 Å². The van der Waals surface area contributed by atoms with Gasteiger partial charge in [0.05, 0.1) is 6.33 Å². The Labute approximate surface area is 113 Å². The number of rotatable bonds is 3. The molecule has 3 aromatic rings. The number of nitrogens with one attached hydrogen (secondary N) is 1. The molecule has 94 valence electrons. The minimum atomic E-state index is 0.0398.